The second-order valence-corrected chi connectivity index (χ2v) is 4.98. The molecule has 0 saturated carbocycles. The van der Waals surface area contributed by atoms with E-state index in [1.165, 1.54) is 7.11 Å². The highest BCUT2D eigenvalue weighted by Crippen LogP contribution is 2.30. The molecule has 0 aliphatic carbocycles. The Morgan fingerprint density at radius 3 is 2.43 bits per heavy atom. The molecule has 2 aromatic rings. The van der Waals surface area contributed by atoms with Crippen LogP contribution in [0.3, 0.4) is 0 Å². The Balaban J connectivity index is 2.39. The molecule has 0 amide bonds. The van der Waals surface area contributed by atoms with Crippen LogP contribution in [0.4, 0.5) is 5.95 Å². The van der Waals surface area contributed by atoms with E-state index in [1.807, 2.05) is 13.0 Å². The van der Waals surface area contributed by atoms with Gasteiger partial charge in [0.05, 0.1) is 7.11 Å². The lowest BCUT2D eigenvalue weighted by molar-refractivity contribution is 0.359. The number of anilines is 1. The molecule has 0 aliphatic heterocycles. The third kappa shape index (κ3) is 3.59. The molecule has 0 unspecified atom stereocenters. The molecule has 2 rings (SSSR count). The molecule has 0 saturated heterocycles. The van der Waals surface area contributed by atoms with Crippen molar-refractivity contribution in [2.24, 2.45) is 0 Å². The maximum atomic E-state index is 5.85. The van der Waals surface area contributed by atoms with Crippen molar-refractivity contribution in [3.8, 4) is 17.8 Å². The van der Waals surface area contributed by atoms with Crippen molar-refractivity contribution in [2.45, 2.75) is 26.7 Å². The average Bonchev–Trinajstić information content (AvgIpc) is 2.46. The van der Waals surface area contributed by atoms with Gasteiger partial charge in [0, 0.05) is 7.05 Å². The normalized spacial score (nSPS) is 10.6. The number of rotatable bonds is 5. The summed E-state index contributed by atoms with van der Waals surface area (Å²) in [6.07, 6.45) is 0. The van der Waals surface area contributed by atoms with Crippen LogP contribution >= 0.6 is 0 Å². The summed E-state index contributed by atoms with van der Waals surface area (Å²) >= 11 is 0. The van der Waals surface area contributed by atoms with Gasteiger partial charge in [0.15, 0.2) is 0 Å². The van der Waals surface area contributed by atoms with Crippen molar-refractivity contribution in [3.63, 3.8) is 0 Å². The van der Waals surface area contributed by atoms with Crippen molar-refractivity contribution < 1.29 is 9.47 Å². The van der Waals surface area contributed by atoms with Gasteiger partial charge in [0.2, 0.25) is 5.95 Å². The number of hydrogen-bond acceptors (Lipinski definition) is 6. The minimum absolute atomic E-state index is 0.207. The summed E-state index contributed by atoms with van der Waals surface area (Å²) in [5.74, 6) is 1.49. The first kappa shape index (κ1) is 15.0. The molecule has 1 N–H and O–H groups in total. The van der Waals surface area contributed by atoms with Crippen LogP contribution in [0, 0.1) is 6.92 Å². The molecule has 0 fully saturated rings. The summed E-state index contributed by atoms with van der Waals surface area (Å²) in [6, 6.07) is 6.52. The monoisotopic (exact) mass is 288 g/mol. The zero-order valence-corrected chi connectivity index (χ0v) is 13.0. The summed E-state index contributed by atoms with van der Waals surface area (Å²) < 4.78 is 10.9. The topological polar surface area (TPSA) is 69.2 Å². The summed E-state index contributed by atoms with van der Waals surface area (Å²) in [7, 11) is 3.23. The summed E-state index contributed by atoms with van der Waals surface area (Å²) in [5.41, 5.74) is 2.22. The summed E-state index contributed by atoms with van der Waals surface area (Å²) in [6.45, 7) is 6.25. The molecule has 6 nitrogen and oxygen atoms in total. The van der Waals surface area contributed by atoms with Gasteiger partial charge in [-0.3, -0.25) is 0 Å². The highest BCUT2D eigenvalue weighted by atomic mass is 16.5. The quantitative estimate of drug-likeness (QED) is 0.911. The van der Waals surface area contributed by atoms with Crippen molar-refractivity contribution in [2.75, 3.05) is 19.5 Å². The fraction of sp³-hybridized carbons (Fsp3) is 0.400. The number of aromatic nitrogens is 3. The van der Waals surface area contributed by atoms with Crippen LogP contribution in [-0.4, -0.2) is 29.1 Å². The molecule has 0 aliphatic rings. The third-order valence-electron chi connectivity index (χ3n) is 2.99. The Morgan fingerprint density at radius 1 is 1.10 bits per heavy atom. The zero-order valence-electron chi connectivity index (χ0n) is 13.0. The zero-order chi connectivity index (χ0) is 15.4. The van der Waals surface area contributed by atoms with Crippen LogP contribution < -0.4 is 14.8 Å². The molecular formula is C15H20N4O2. The van der Waals surface area contributed by atoms with Crippen LogP contribution in [0.15, 0.2) is 18.2 Å². The fourth-order valence-corrected chi connectivity index (χ4v) is 1.89. The maximum Gasteiger partial charge on any atom is 0.330 e. The van der Waals surface area contributed by atoms with Gasteiger partial charge >= 0.3 is 12.0 Å². The van der Waals surface area contributed by atoms with E-state index in [2.05, 4.69) is 46.2 Å². The minimum atomic E-state index is 0.207. The Morgan fingerprint density at radius 2 is 1.81 bits per heavy atom. The standard InChI is InChI=1S/C15H20N4O2/c1-9(2)11-7-6-10(3)8-12(11)21-15-18-13(16-4)17-14(19-15)20-5/h6-9H,1-5H3,(H,16,17,18,19). The lowest BCUT2D eigenvalue weighted by atomic mass is 10.0. The Bertz CT molecular complexity index is 607. The lowest BCUT2D eigenvalue weighted by Gasteiger charge is -2.14. The molecule has 21 heavy (non-hydrogen) atoms. The van der Waals surface area contributed by atoms with E-state index in [4.69, 9.17) is 9.47 Å². The van der Waals surface area contributed by atoms with Gasteiger partial charge in [-0.25, -0.2) is 0 Å². The average molecular weight is 288 g/mol. The van der Waals surface area contributed by atoms with Crippen molar-refractivity contribution >= 4 is 5.95 Å². The van der Waals surface area contributed by atoms with Crippen LogP contribution in [-0.2, 0) is 0 Å². The Labute approximate surface area is 124 Å². The lowest BCUT2D eigenvalue weighted by Crippen LogP contribution is -2.04. The SMILES string of the molecule is CNc1nc(OC)nc(Oc2cc(C)ccc2C(C)C)n1. The number of nitrogens with zero attached hydrogens (tertiary/aromatic N) is 3. The van der Waals surface area contributed by atoms with Crippen molar-refractivity contribution in [1.82, 2.24) is 15.0 Å². The highest BCUT2D eigenvalue weighted by Gasteiger charge is 2.13. The molecule has 0 radical (unpaired) electrons. The molecule has 0 spiro atoms. The van der Waals surface area contributed by atoms with E-state index < -0.39 is 0 Å². The van der Waals surface area contributed by atoms with Gasteiger partial charge < -0.3 is 14.8 Å². The van der Waals surface area contributed by atoms with E-state index >= 15 is 0 Å². The van der Waals surface area contributed by atoms with Gasteiger partial charge in [-0.05, 0) is 30.0 Å². The van der Waals surface area contributed by atoms with Gasteiger partial charge in [-0.2, -0.15) is 9.97 Å². The first-order chi connectivity index (χ1) is 10.0. The van der Waals surface area contributed by atoms with Gasteiger partial charge in [0.1, 0.15) is 5.75 Å². The van der Waals surface area contributed by atoms with Crippen LogP contribution in [0.2, 0.25) is 0 Å². The van der Waals surface area contributed by atoms with Crippen LogP contribution in [0.1, 0.15) is 30.9 Å². The number of aryl methyl sites for hydroxylation is 1. The Kier molecular flexibility index (Phi) is 4.57. The molecule has 0 atom stereocenters. The second-order valence-electron chi connectivity index (χ2n) is 4.98. The number of ether oxygens (including phenoxy) is 2. The third-order valence-corrected chi connectivity index (χ3v) is 2.99. The summed E-state index contributed by atoms with van der Waals surface area (Å²) in [5, 5.41) is 2.85. The molecule has 112 valence electrons. The highest BCUT2D eigenvalue weighted by molar-refractivity contribution is 5.41. The van der Waals surface area contributed by atoms with Gasteiger partial charge in [-0.1, -0.05) is 26.0 Å². The molecule has 6 heteroatoms. The Hall–Kier alpha value is -2.37. The smallest absolute Gasteiger partial charge is 0.330 e. The van der Waals surface area contributed by atoms with Crippen molar-refractivity contribution in [3.05, 3.63) is 29.3 Å². The predicted octanol–water partition coefficient (Wildman–Crippen LogP) is 3.15. The number of nitrogens with one attached hydrogen (secondary N) is 1. The van der Waals surface area contributed by atoms with E-state index in [0.29, 0.717) is 11.9 Å². The van der Waals surface area contributed by atoms with E-state index in [9.17, 15) is 0 Å². The molecule has 1 aromatic heterocycles. The van der Waals surface area contributed by atoms with Crippen molar-refractivity contribution in [1.29, 1.82) is 0 Å². The molecule has 1 heterocycles. The van der Waals surface area contributed by atoms with Crippen LogP contribution in [0.5, 0.6) is 17.8 Å². The number of benzene rings is 1. The first-order valence-electron chi connectivity index (χ1n) is 6.79. The molecular weight excluding hydrogens is 268 g/mol. The van der Waals surface area contributed by atoms with Gasteiger partial charge in [0.25, 0.3) is 0 Å². The largest absolute Gasteiger partial charge is 0.467 e. The number of hydrogen-bond donors (Lipinski definition) is 1. The van der Waals surface area contributed by atoms with E-state index in [1.54, 1.807) is 7.05 Å². The number of methoxy groups -OCH3 is 1. The van der Waals surface area contributed by atoms with Crippen LogP contribution in [0.25, 0.3) is 0 Å². The fourth-order valence-electron chi connectivity index (χ4n) is 1.89. The molecule has 0 bridgehead atoms. The summed E-state index contributed by atoms with van der Waals surface area (Å²) in [4.78, 5) is 12.4. The van der Waals surface area contributed by atoms with E-state index in [0.717, 1.165) is 16.9 Å². The van der Waals surface area contributed by atoms with E-state index in [-0.39, 0.29) is 12.0 Å². The molecule has 1 aromatic carbocycles. The minimum Gasteiger partial charge on any atom is -0.467 e. The first-order valence-corrected chi connectivity index (χ1v) is 6.79. The maximum absolute atomic E-state index is 5.85. The predicted molar refractivity (Wildman–Crippen MR) is 81.3 cm³/mol. The van der Waals surface area contributed by atoms with Gasteiger partial charge in [-0.15, -0.1) is 4.98 Å². The second kappa shape index (κ2) is 6.39.